The van der Waals surface area contributed by atoms with Crippen molar-refractivity contribution in [3.05, 3.63) is 41.2 Å². The van der Waals surface area contributed by atoms with Gasteiger partial charge in [-0.1, -0.05) is 18.2 Å². The van der Waals surface area contributed by atoms with E-state index in [1.54, 1.807) is 13.4 Å². The molecule has 1 rings (SSSR count). The minimum Gasteiger partial charge on any atom is -0.504 e. The number of hydrogen-bond acceptors (Lipinski definition) is 3. The highest BCUT2D eigenvalue weighted by atomic mass is 32.1. The maximum Gasteiger partial charge on any atom is 0.0831 e. The first kappa shape index (κ1) is 13.4. The summed E-state index contributed by atoms with van der Waals surface area (Å²) in [7, 11) is 1.61. The second kappa shape index (κ2) is 6.79. The van der Waals surface area contributed by atoms with E-state index in [0.29, 0.717) is 0 Å². The van der Waals surface area contributed by atoms with Crippen LogP contribution in [-0.4, -0.2) is 12.3 Å². The number of aryl methyl sites for hydroxylation is 1. The largest absolute Gasteiger partial charge is 0.504 e. The van der Waals surface area contributed by atoms with E-state index < -0.39 is 0 Å². The van der Waals surface area contributed by atoms with E-state index >= 15 is 0 Å². The summed E-state index contributed by atoms with van der Waals surface area (Å²) in [5.74, 6) is 0. The molecule has 0 aliphatic carbocycles. The lowest BCUT2D eigenvalue weighted by molar-refractivity contribution is 0.341. The second-order valence-corrected chi connectivity index (χ2v) is 3.65. The number of hydrogen-bond donors (Lipinski definition) is 0. The topological polar surface area (TPSA) is 21.6 Å². The fourth-order valence-corrected chi connectivity index (χ4v) is 1.68. The van der Waals surface area contributed by atoms with Crippen molar-refractivity contribution in [1.82, 2.24) is 0 Å². The number of nitrogens with zero attached hydrogens (tertiary/aromatic N) is 1. The summed E-state index contributed by atoms with van der Waals surface area (Å²) >= 11 is 4.66. The van der Waals surface area contributed by atoms with Gasteiger partial charge in [-0.25, -0.2) is 0 Å². The maximum absolute atomic E-state index is 4.96. The molecule has 0 atom stereocenters. The SMILES string of the molecule is C/C=C\c1c(C)ccc(N=C=S)c1/C=C/OC. The summed E-state index contributed by atoms with van der Waals surface area (Å²) in [4.78, 5) is 4.07. The fraction of sp³-hybridized carbons (Fsp3) is 0.214. The van der Waals surface area contributed by atoms with Gasteiger partial charge in [0, 0.05) is 5.56 Å². The normalized spacial score (nSPS) is 10.8. The van der Waals surface area contributed by atoms with Crippen LogP contribution in [0.3, 0.4) is 0 Å². The first-order valence-electron chi connectivity index (χ1n) is 5.28. The lowest BCUT2D eigenvalue weighted by Gasteiger charge is -2.08. The molecule has 0 bridgehead atoms. The van der Waals surface area contributed by atoms with E-state index in [1.807, 2.05) is 37.3 Å². The quantitative estimate of drug-likeness (QED) is 0.446. The molecule has 88 valence electrons. The number of allylic oxidation sites excluding steroid dienone is 1. The Balaban J connectivity index is 3.48. The molecule has 0 aliphatic rings. The second-order valence-electron chi connectivity index (χ2n) is 3.47. The molecular formula is C14H15NOS. The van der Waals surface area contributed by atoms with Crippen molar-refractivity contribution >= 4 is 35.2 Å². The molecule has 0 saturated carbocycles. The van der Waals surface area contributed by atoms with Crippen molar-refractivity contribution in [2.24, 2.45) is 4.99 Å². The van der Waals surface area contributed by atoms with Crippen LogP contribution in [0.1, 0.15) is 23.6 Å². The summed E-state index contributed by atoms with van der Waals surface area (Å²) in [6.45, 7) is 4.04. The van der Waals surface area contributed by atoms with Crippen molar-refractivity contribution in [2.45, 2.75) is 13.8 Å². The average Bonchev–Trinajstić information content (AvgIpc) is 2.33. The predicted molar refractivity (Wildman–Crippen MR) is 76.6 cm³/mol. The Morgan fingerprint density at radius 3 is 2.65 bits per heavy atom. The number of aliphatic imine (C=N–C) groups is 1. The van der Waals surface area contributed by atoms with Gasteiger partial charge in [-0.2, -0.15) is 4.99 Å². The van der Waals surface area contributed by atoms with Crippen LogP contribution in [0, 0.1) is 6.92 Å². The number of rotatable bonds is 4. The van der Waals surface area contributed by atoms with Crippen LogP contribution in [-0.2, 0) is 4.74 Å². The van der Waals surface area contributed by atoms with E-state index in [-0.39, 0.29) is 0 Å². The number of thiocarbonyl (C=S) groups is 1. The molecule has 0 aliphatic heterocycles. The maximum atomic E-state index is 4.96. The Morgan fingerprint density at radius 1 is 1.29 bits per heavy atom. The molecule has 0 saturated heterocycles. The summed E-state index contributed by atoms with van der Waals surface area (Å²) < 4.78 is 4.96. The van der Waals surface area contributed by atoms with Crippen LogP contribution in [0.2, 0.25) is 0 Å². The van der Waals surface area contributed by atoms with Gasteiger partial charge in [0.25, 0.3) is 0 Å². The van der Waals surface area contributed by atoms with E-state index in [0.717, 1.165) is 16.8 Å². The van der Waals surface area contributed by atoms with Crippen molar-refractivity contribution in [3.8, 4) is 0 Å². The molecule has 0 unspecified atom stereocenters. The van der Waals surface area contributed by atoms with Gasteiger partial charge < -0.3 is 4.74 Å². The third kappa shape index (κ3) is 3.38. The molecule has 0 heterocycles. The van der Waals surface area contributed by atoms with Gasteiger partial charge in [0.1, 0.15) is 0 Å². The van der Waals surface area contributed by atoms with E-state index in [2.05, 4.69) is 29.3 Å². The summed E-state index contributed by atoms with van der Waals surface area (Å²) in [5.41, 5.74) is 4.09. The summed E-state index contributed by atoms with van der Waals surface area (Å²) in [6.07, 6.45) is 7.56. The first-order valence-corrected chi connectivity index (χ1v) is 5.69. The number of isothiocyanates is 1. The van der Waals surface area contributed by atoms with Gasteiger partial charge in [-0.3, -0.25) is 0 Å². The van der Waals surface area contributed by atoms with Crippen LogP contribution in [0.4, 0.5) is 5.69 Å². The smallest absolute Gasteiger partial charge is 0.0831 e. The van der Waals surface area contributed by atoms with Gasteiger partial charge in [0.05, 0.1) is 24.2 Å². The third-order valence-electron chi connectivity index (χ3n) is 2.35. The van der Waals surface area contributed by atoms with Crippen LogP contribution in [0.25, 0.3) is 12.2 Å². The zero-order chi connectivity index (χ0) is 12.7. The molecule has 0 spiro atoms. The molecule has 0 amide bonds. The van der Waals surface area contributed by atoms with Crippen molar-refractivity contribution in [3.63, 3.8) is 0 Å². The van der Waals surface area contributed by atoms with Gasteiger partial charge >= 0.3 is 0 Å². The Hall–Kier alpha value is -1.70. The average molecular weight is 245 g/mol. The van der Waals surface area contributed by atoms with Crippen LogP contribution >= 0.6 is 12.2 Å². The number of benzene rings is 1. The zero-order valence-electron chi connectivity index (χ0n) is 10.2. The Morgan fingerprint density at radius 2 is 2.06 bits per heavy atom. The Bertz CT molecular complexity index is 497. The fourth-order valence-electron chi connectivity index (χ4n) is 1.58. The molecule has 0 radical (unpaired) electrons. The Labute approximate surface area is 107 Å². The minimum absolute atomic E-state index is 0.798. The molecule has 2 nitrogen and oxygen atoms in total. The summed E-state index contributed by atoms with van der Waals surface area (Å²) in [5, 5.41) is 2.40. The van der Waals surface area contributed by atoms with Gasteiger partial charge in [0.2, 0.25) is 0 Å². The van der Waals surface area contributed by atoms with Gasteiger partial charge in [0.15, 0.2) is 0 Å². The zero-order valence-corrected chi connectivity index (χ0v) is 11.0. The van der Waals surface area contributed by atoms with Gasteiger partial charge in [-0.05, 0) is 49.3 Å². The van der Waals surface area contributed by atoms with Gasteiger partial charge in [-0.15, -0.1) is 0 Å². The monoisotopic (exact) mass is 245 g/mol. The molecule has 0 fully saturated rings. The molecule has 0 aromatic heterocycles. The van der Waals surface area contributed by atoms with Crippen LogP contribution in [0.5, 0.6) is 0 Å². The highest BCUT2D eigenvalue weighted by Gasteiger charge is 2.06. The lowest BCUT2D eigenvalue weighted by atomic mass is 9.99. The molecular weight excluding hydrogens is 230 g/mol. The Kier molecular flexibility index (Phi) is 5.34. The minimum atomic E-state index is 0.798. The first-order chi connectivity index (χ1) is 8.24. The van der Waals surface area contributed by atoms with E-state index in [1.165, 1.54) is 5.56 Å². The molecule has 17 heavy (non-hydrogen) atoms. The molecule has 3 heteroatoms. The highest BCUT2D eigenvalue weighted by Crippen LogP contribution is 2.28. The number of ether oxygens (including phenoxy) is 1. The van der Waals surface area contributed by atoms with Crippen molar-refractivity contribution < 1.29 is 4.74 Å². The van der Waals surface area contributed by atoms with Crippen LogP contribution < -0.4 is 0 Å². The third-order valence-corrected chi connectivity index (χ3v) is 2.44. The standard InChI is InChI=1S/C14H15NOS/c1-4-5-12-11(2)6-7-14(15-10-17)13(12)8-9-16-3/h4-9H,1-3H3/b5-4-,9-8+. The molecule has 0 N–H and O–H groups in total. The molecule has 1 aromatic rings. The van der Waals surface area contributed by atoms with Crippen molar-refractivity contribution in [2.75, 3.05) is 7.11 Å². The highest BCUT2D eigenvalue weighted by molar-refractivity contribution is 7.78. The van der Waals surface area contributed by atoms with Crippen molar-refractivity contribution in [1.29, 1.82) is 0 Å². The van der Waals surface area contributed by atoms with Crippen LogP contribution in [0.15, 0.2) is 29.5 Å². The van der Waals surface area contributed by atoms with E-state index in [9.17, 15) is 0 Å². The summed E-state index contributed by atoms with van der Waals surface area (Å²) in [6, 6.07) is 3.95. The molecule has 1 aromatic carbocycles. The lowest BCUT2D eigenvalue weighted by Crippen LogP contribution is -1.87. The number of methoxy groups -OCH3 is 1. The van der Waals surface area contributed by atoms with E-state index in [4.69, 9.17) is 4.74 Å². The predicted octanol–water partition coefficient (Wildman–Crippen LogP) is 4.38.